The molecule has 2 aromatic carbocycles. The summed E-state index contributed by atoms with van der Waals surface area (Å²) in [7, 11) is 0. The Kier molecular flexibility index (Phi) is 6.94. The Morgan fingerprint density at radius 3 is 2.44 bits per heavy atom. The van der Waals surface area contributed by atoms with E-state index in [1.165, 1.54) is 11.9 Å². The fourth-order valence-corrected chi connectivity index (χ4v) is 4.98. The molecule has 1 N–H and O–H groups in total. The minimum atomic E-state index is 0.0662. The van der Waals surface area contributed by atoms with Crippen molar-refractivity contribution in [1.82, 2.24) is 19.8 Å². The lowest BCUT2D eigenvalue weighted by molar-refractivity contribution is 0.0628. The molecule has 0 unspecified atom stereocenters. The molecule has 1 aliphatic heterocycles. The molecule has 0 atom stereocenters. The van der Waals surface area contributed by atoms with Crippen molar-refractivity contribution in [2.75, 3.05) is 30.9 Å². The molecule has 1 fully saturated rings. The van der Waals surface area contributed by atoms with Gasteiger partial charge in [-0.05, 0) is 54.4 Å². The van der Waals surface area contributed by atoms with Crippen LogP contribution in [-0.2, 0) is 6.54 Å². The standard InChI is InChI=1S/C26H24ClN5OS/c27-25-21(6-3-13-29-25)18-31-14-16-32(17-15-31)26(33)20-8-10-22(11-9-20)30-34-23-7-1-4-19-5-2-12-28-24(19)23/h1-13,30H,14-18H2. The van der Waals surface area contributed by atoms with Crippen LogP contribution in [0.3, 0.4) is 0 Å². The van der Waals surface area contributed by atoms with Crippen LogP contribution in [0.5, 0.6) is 0 Å². The summed E-state index contributed by atoms with van der Waals surface area (Å²) in [5.41, 5.74) is 3.63. The van der Waals surface area contributed by atoms with Crippen LogP contribution < -0.4 is 4.72 Å². The Labute approximate surface area is 208 Å². The van der Waals surface area contributed by atoms with Crippen LogP contribution in [0.4, 0.5) is 5.69 Å². The molecular weight excluding hydrogens is 466 g/mol. The molecule has 4 aromatic rings. The van der Waals surface area contributed by atoms with Gasteiger partial charge in [-0.25, -0.2) is 4.98 Å². The molecule has 0 bridgehead atoms. The van der Waals surface area contributed by atoms with Gasteiger partial charge in [0.05, 0.1) is 10.4 Å². The highest BCUT2D eigenvalue weighted by Crippen LogP contribution is 2.27. The number of nitrogens with zero attached hydrogens (tertiary/aromatic N) is 4. The number of pyridine rings is 2. The van der Waals surface area contributed by atoms with Gasteiger partial charge in [0.15, 0.2) is 0 Å². The fraction of sp³-hybridized carbons (Fsp3) is 0.192. The van der Waals surface area contributed by atoms with Gasteiger partial charge >= 0.3 is 0 Å². The summed E-state index contributed by atoms with van der Waals surface area (Å²) < 4.78 is 3.36. The van der Waals surface area contributed by atoms with Crippen LogP contribution >= 0.6 is 23.5 Å². The number of carbonyl (C=O) groups excluding carboxylic acids is 1. The normalized spacial score (nSPS) is 14.3. The first-order valence-electron chi connectivity index (χ1n) is 11.1. The summed E-state index contributed by atoms with van der Waals surface area (Å²) >= 11 is 7.71. The van der Waals surface area contributed by atoms with Crippen molar-refractivity contribution in [3.8, 4) is 0 Å². The zero-order chi connectivity index (χ0) is 23.3. The molecule has 1 aliphatic rings. The summed E-state index contributed by atoms with van der Waals surface area (Å²) in [6.45, 7) is 3.76. The highest BCUT2D eigenvalue weighted by molar-refractivity contribution is 8.00. The third-order valence-corrected chi connectivity index (χ3v) is 7.12. The number of benzene rings is 2. The van der Waals surface area contributed by atoms with Crippen LogP contribution in [0, 0.1) is 0 Å². The minimum Gasteiger partial charge on any atom is -0.336 e. The van der Waals surface area contributed by atoms with Gasteiger partial charge < -0.3 is 9.62 Å². The zero-order valence-electron chi connectivity index (χ0n) is 18.5. The van der Waals surface area contributed by atoms with Gasteiger partial charge in [-0.3, -0.25) is 14.7 Å². The first-order valence-corrected chi connectivity index (χ1v) is 12.3. The third-order valence-electron chi connectivity index (χ3n) is 5.90. The second kappa shape index (κ2) is 10.4. The van der Waals surface area contributed by atoms with E-state index in [4.69, 9.17) is 11.6 Å². The first kappa shape index (κ1) is 22.7. The van der Waals surface area contributed by atoms with E-state index in [1.54, 1.807) is 12.4 Å². The summed E-state index contributed by atoms with van der Waals surface area (Å²) in [6.07, 6.45) is 3.50. The van der Waals surface area contributed by atoms with Crippen molar-refractivity contribution >= 4 is 46.0 Å². The maximum atomic E-state index is 13.0. The quantitative estimate of drug-likeness (QED) is 0.290. The largest absolute Gasteiger partial charge is 0.336 e. The maximum Gasteiger partial charge on any atom is 0.253 e. The minimum absolute atomic E-state index is 0.0662. The molecule has 6 nitrogen and oxygen atoms in total. The zero-order valence-corrected chi connectivity index (χ0v) is 20.1. The number of nitrogens with one attached hydrogen (secondary N) is 1. The summed E-state index contributed by atoms with van der Waals surface area (Å²) in [6, 6.07) is 21.7. The van der Waals surface area contributed by atoms with Gasteiger partial charge in [0.2, 0.25) is 0 Å². The molecule has 8 heteroatoms. The van der Waals surface area contributed by atoms with Gasteiger partial charge in [0, 0.05) is 67.3 Å². The van der Waals surface area contributed by atoms with Gasteiger partial charge in [0.25, 0.3) is 5.91 Å². The van der Waals surface area contributed by atoms with Crippen LogP contribution in [0.25, 0.3) is 10.9 Å². The van der Waals surface area contributed by atoms with Crippen LogP contribution in [0.2, 0.25) is 5.15 Å². The molecule has 0 spiro atoms. The van der Waals surface area contributed by atoms with E-state index in [2.05, 4.69) is 31.7 Å². The Balaban J connectivity index is 1.15. The summed E-state index contributed by atoms with van der Waals surface area (Å²) in [5.74, 6) is 0.0662. The topological polar surface area (TPSA) is 61.4 Å². The number of piperazine rings is 1. The number of carbonyl (C=O) groups is 1. The Hall–Kier alpha value is -3.13. The lowest BCUT2D eigenvalue weighted by Gasteiger charge is -2.34. The van der Waals surface area contributed by atoms with Crippen molar-refractivity contribution in [2.45, 2.75) is 11.4 Å². The van der Waals surface area contributed by atoms with Crippen molar-refractivity contribution < 1.29 is 4.79 Å². The average Bonchev–Trinajstić information content (AvgIpc) is 2.89. The maximum absolute atomic E-state index is 13.0. The van der Waals surface area contributed by atoms with Gasteiger partial charge in [0.1, 0.15) is 5.15 Å². The van der Waals surface area contributed by atoms with E-state index in [0.717, 1.165) is 46.7 Å². The van der Waals surface area contributed by atoms with E-state index < -0.39 is 0 Å². The van der Waals surface area contributed by atoms with Gasteiger partial charge in [-0.15, -0.1) is 0 Å². The molecule has 0 aliphatic carbocycles. The molecule has 1 amide bonds. The van der Waals surface area contributed by atoms with Crippen LogP contribution in [0.15, 0.2) is 84.0 Å². The number of anilines is 1. The second-order valence-electron chi connectivity index (χ2n) is 8.13. The highest BCUT2D eigenvalue weighted by atomic mass is 35.5. The average molecular weight is 490 g/mol. The second-order valence-corrected chi connectivity index (χ2v) is 9.34. The van der Waals surface area contributed by atoms with Crippen molar-refractivity contribution in [1.29, 1.82) is 0 Å². The number of para-hydroxylation sites is 1. The Morgan fingerprint density at radius 1 is 0.912 bits per heavy atom. The van der Waals surface area contributed by atoms with E-state index in [-0.39, 0.29) is 5.91 Å². The number of amides is 1. The molecule has 0 radical (unpaired) electrons. The predicted octanol–water partition coefficient (Wildman–Crippen LogP) is 5.36. The molecule has 1 saturated heterocycles. The van der Waals surface area contributed by atoms with Gasteiger partial charge in [-0.2, -0.15) is 0 Å². The number of aromatic nitrogens is 2. The van der Waals surface area contributed by atoms with Crippen LogP contribution in [0.1, 0.15) is 15.9 Å². The number of hydrogen-bond acceptors (Lipinski definition) is 6. The van der Waals surface area contributed by atoms with Crippen molar-refractivity contribution in [2.24, 2.45) is 0 Å². The molecule has 0 saturated carbocycles. The first-order chi connectivity index (χ1) is 16.7. The monoisotopic (exact) mass is 489 g/mol. The summed E-state index contributed by atoms with van der Waals surface area (Å²) in [5, 5.41) is 1.66. The van der Waals surface area contributed by atoms with Gasteiger partial charge in [-0.1, -0.05) is 35.9 Å². The summed E-state index contributed by atoms with van der Waals surface area (Å²) in [4.78, 5) is 26.9. The van der Waals surface area contributed by atoms with E-state index in [0.29, 0.717) is 23.8 Å². The van der Waals surface area contributed by atoms with E-state index in [9.17, 15) is 4.79 Å². The van der Waals surface area contributed by atoms with Crippen molar-refractivity contribution in [3.63, 3.8) is 0 Å². The number of hydrogen-bond donors (Lipinski definition) is 1. The molecule has 34 heavy (non-hydrogen) atoms. The molecular formula is C26H24ClN5OS. The van der Waals surface area contributed by atoms with Crippen molar-refractivity contribution in [3.05, 3.63) is 95.4 Å². The van der Waals surface area contributed by atoms with E-state index >= 15 is 0 Å². The molecule has 3 heterocycles. The number of fused-ring (bicyclic) bond motifs is 1. The molecule has 172 valence electrons. The SMILES string of the molecule is O=C(c1ccc(NSc2cccc3cccnc23)cc1)N1CCN(Cc2cccnc2Cl)CC1. The fourth-order valence-electron chi connectivity index (χ4n) is 4.02. The predicted molar refractivity (Wildman–Crippen MR) is 138 cm³/mol. The lowest BCUT2D eigenvalue weighted by atomic mass is 10.1. The number of halogens is 1. The Morgan fingerprint density at radius 2 is 1.65 bits per heavy atom. The van der Waals surface area contributed by atoms with E-state index in [1.807, 2.05) is 59.5 Å². The smallest absolute Gasteiger partial charge is 0.253 e. The molecule has 2 aromatic heterocycles. The third kappa shape index (κ3) is 5.17. The number of rotatable bonds is 6. The molecule has 5 rings (SSSR count). The van der Waals surface area contributed by atoms with Crippen LogP contribution in [-0.4, -0.2) is 51.9 Å². The lowest BCUT2D eigenvalue weighted by Crippen LogP contribution is -2.48. The highest BCUT2D eigenvalue weighted by Gasteiger charge is 2.22. The Bertz CT molecular complexity index is 1290.